The smallest absolute Gasteiger partial charge is 0.165 e. The highest BCUT2D eigenvalue weighted by Gasteiger charge is 2.21. The first-order chi connectivity index (χ1) is 12.4. The standard InChI is InChI=1S/C23H25FOS/c1-17-14-22(26-16-17)23(2,3)13-7-8-18-11-12-20(24)21(15-18)25-19-9-5-4-6-10-19/h4-6,9-12,14-16H,7-8,13H2,1-3H3. The van der Waals surface area contributed by atoms with Crippen LogP contribution in [0.15, 0.2) is 60.0 Å². The molecule has 3 heteroatoms. The lowest BCUT2D eigenvalue weighted by Gasteiger charge is -2.23. The number of hydrogen-bond donors (Lipinski definition) is 0. The van der Waals surface area contributed by atoms with Crippen LogP contribution in [0.25, 0.3) is 0 Å². The maximum Gasteiger partial charge on any atom is 0.165 e. The summed E-state index contributed by atoms with van der Waals surface area (Å²) < 4.78 is 19.8. The van der Waals surface area contributed by atoms with Crippen LogP contribution in [0.3, 0.4) is 0 Å². The van der Waals surface area contributed by atoms with Crippen molar-refractivity contribution in [2.75, 3.05) is 0 Å². The molecule has 0 radical (unpaired) electrons. The van der Waals surface area contributed by atoms with E-state index in [1.165, 1.54) is 16.5 Å². The molecule has 0 spiro atoms. The second-order valence-electron chi connectivity index (χ2n) is 7.41. The number of para-hydroxylation sites is 1. The van der Waals surface area contributed by atoms with Gasteiger partial charge in [-0.2, -0.15) is 0 Å². The van der Waals surface area contributed by atoms with Crippen molar-refractivity contribution in [2.24, 2.45) is 0 Å². The van der Waals surface area contributed by atoms with Crippen molar-refractivity contribution in [3.8, 4) is 11.5 Å². The summed E-state index contributed by atoms with van der Waals surface area (Å²) in [4.78, 5) is 1.43. The summed E-state index contributed by atoms with van der Waals surface area (Å²) in [6.45, 7) is 6.74. The van der Waals surface area contributed by atoms with Gasteiger partial charge in [-0.15, -0.1) is 11.3 Å². The number of thiophene rings is 1. The lowest BCUT2D eigenvalue weighted by atomic mass is 9.85. The van der Waals surface area contributed by atoms with Crippen LogP contribution in [0.2, 0.25) is 0 Å². The molecule has 0 saturated heterocycles. The Kier molecular flexibility index (Phi) is 5.77. The zero-order chi connectivity index (χ0) is 18.6. The summed E-state index contributed by atoms with van der Waals surface area (Å²) in [5.41, 5.74) is 2.61. The van der Waals surface area contributed by atoms with E-state index in [0.717, 1.165) is 24.8 Å². The van der Waals surface area contributed by atoms with E-state index in [2.05, 4.69) is 32.2 Å². The Morgan fingerprint density at radius 2 is 1.81 bits per heavy atom. The zero-order valence-corrected chi connectivity index (χ0v) is 16.4. The van der Waals surface area contributed by atoms with Gasteiger partial charge in [-0.1, -0.05) is 38.1 Å². The summed E-state index contributed by atoms with van der Waals surface area (Å²) in [7, 11) is 0. The van der Waals surface area contributed by atoms with Crippen molar-refractivity contribution in [1.29, 1.82) is 0 Å². The molecule has 0 fully saturated rings. The molecular weight excluding hydrogens is 343 g/mol. The highest BCUT2D eigenvalue weighted by atomic mass is 32.1. The molecule has 0 N–H and O–H groups in total. The minimum Gasteiger partial charge on any atom is -0.454 e. The Bertz CT molecular complexity index is 852. The van der Waals surface area contributed by atoms with Crippen LogP contribution >= 0.6 is 11.3 Å². The van der Waals surface area contributed by atoms with Gasteiger partial charge in [-0.25, -0.2) is 4.39 Å². The van der Waals surface area contributed by atoms with Crippen LogP contribution in [-0.2, 0) is 11.8 Å². The number of aryl methyl sites for hydroxylation is 2. The first-order valence-electron chi connectivity index (χ1n) is 9.01. The first kappa shape index (κ1) is 18.7. The molecule has 2 aromatic carbocycles. The third-order valence-electron chi connectivity index (χ3n) is 4.63. The van der Waals surface area contributed by atoms with Crippen LogP contribution in [-0.4, -0.2) is 0 Å². The third kappa shape index (κ3) is 4.73. The second-order valence-corrected chi connectivity index (χ2v) is 8.32. The third-order valence-corrected chi connectivity index (χ3v) is 6.05. The first-order valence-corrected chi connectivity index (χ1v) is 9.89. The van der Waals surface area contributed by atoms with E-state index in [1.807, 2.05) is 53.8 Å². The maximum atomic E-state index is 14.1. The Labute approximate surface area is 159 Å². The van der Waals surface area contributed by atoms with E-state index in [4.69, 9.17) is 4.74 Å². The number of rotatable bonds is 7. The van der Waals surface area contributed by atoms with Crippen molar-refractivity contribution in [1.82, 2.24) is 0 Å². The van der Waals surface area contributed by atoms with Gasteiger partial charge in [0.25, 0.3) is 0 Å². The largest absolute Gasteiger partial charge is 0.454 e. The van der Waals surface area contributed by atoms with Gasteiger partial charge < -0.3 is 4.74 Å². The minimum absolute atomic E-state index is 0.169. The number of ether oxygens (including phenoxy) is 1. The van der Waals surface area contributed by atoms with Crippen LogP contribution < -0.4 is 4.74 Å². The van der Waals surface area contributed by atoms with E-state index in [-0.39, 0.29) is 11.2 Å². The summed E-state index contributed by atoms with van der Waals surface area (Å²) in [5, 5.41) is 2.21. The van der Waals surface area contributed by atoms with Gasteiger partial charge in [0.05, 0.1) is 0 Å². The second kappa shape index (κ2) is 8.05. The highest BCUT2D eigenvalue weighted by Crippen LogP contribution is 2.34. The molecule has 0 unspecified atom stereocenters. The molecule has 1 heterocycles. The molecule has 3 aromatic rings. The van der Waals surface area contributed by atoms with E-state index in [1.54, 1.807) is 0 Å². The SMILES string of the molecule is Cc1csc(C(C)(C)CCCc2ccc(F)c(Oc3ccccc3)c2)c1. The molecule has 0 bridgehead atoms. The normalized spacial score (nSPS) is 11.5. The molecule has 0 amide bonds. The van der Waals surface area contributed by atoms with E-state index in [0.29, 0.717) is 11.5 Å². The summed E-state index contributed by atoms with van der Waals surface area (Å²) in [6.07, 6.45) is 3.07. The Morgan fingerprint density at radius 3 is 2.50 bits per heavy atom. The van der Waals surface area contributed by atoms with E-state index in [9.17, 15) is 4.39 Å². The topological polar surface area (TPSA) is 9.23 Å². The van der Waals surface area contributed by atoms with Gasteiger partial charge >= 0.3 is 0 Å². The van der Waals surface area contributed by atoms with E-state index >= 15 is 0 Å². The average molecular weight is 369 g/mol. The van der Waals surface area contributed by atoms with Crippen molar-refractivity contribution < 1.29 is 9.13 Å². The molecule has 0 aliphatic carbocycles. The number of hydrogen-bond acceptors (Lipinski definition) is 2. The molecule has 0 aliphatic rings. The average Bonchev–Trinajstić information content (AvgIpc) is 3.06. The van der Waals surface area contributed by atoms with Crippen molar-refractivity contribution in [2.45, 2.75) is 45.4 Å². The van der Waals surface area contributed by atoms with Gasteiger partial charge in [-0.05, 0) is 78.4 Å². The fourth-order valence-electron chi connectivity index (χ4n) is 3.04. The molecule has 1 aromatic heterocycles. The predicted octanol–water partition coefficient (Wildman–Crippen LogP) is 7.29. The zero-order valence-electron chi connectivity index (χ0n) is 15.6. The maximum absolute atomic E-state index is 14.1. The lowest BCUT2D eigenvalue weighted by Crippen LogP contribution is -2.15. The van der Waals surface area contributed by atoms with Crippen LogP contribution in [0.4, 0.5) is 4.39 Å². The van der Waals surface area contributed by atoms with Crippen molar-refractivity contribution in [3.63, 3.8) is 0 Å². The molecule has 3 rings (SSSR count). The van der Waals surface area contributed by atoms with Gasteiger partial charge in [0, 0.05) is 4.88 Å². The molecule has 1 nitrogen and oxygen atoms in total. The van der Waals surface area contributed by atoms with Crippen molar-refractivity contribution in [3.05, 3.63) is 81.8 Å². The highest BCUT2D eigenvalue weighted by molar-refractivity contribution is 7.10. The molecular formula is C23H25FOS. The van der Waals surface area contributed by atoms with Gasteiger partial charge in [-0.3, -0.25) is 0 Å². The summed E-state index contributed by atoms with van der Waals surface area (Å²) >= 11 is 1.84. The Hall–Kier alpha value is -2.13. The van der Waals surface area contributed by atoms with Crippen LogP contribution in [0, 0.1) is 12.7 Å². The number of benzene rings is 2. The fourth-order valence-corrected chi connectivity index (χ4v) is 4.10. The molecule has 0 aliphatic heterocycles. The fraction of sp³-hybridized carbons (Fsp3) is 0.304. The Balaban J connectivity index is 1.62. The molecule has 0 atom stereocenters. The summed E-state index contributed by atoms with van der Waals surface area (Å²) in [6, 6.07) is 16.8. The van der Waals surface area contributed by atoms with Gasteiger partial charge in [0.15, 0.2) is 11.6 Å². The van der Waals surface area contributed by atoms with Gasteiger partial charge in [0.2, 0.25) is 0 Å². The molecule has 136 valence electrons. The monoisotopic (exact) mass is 368 g/mol. The van der Waals surface area contributed by atoms with Gasteiger partial charge in [0.1, 0.15) is 5.75 Å². The molecule has 26 heavy (non-hydrogen) atoms. The lowest BCUT2D eigenvalue weighted by molar-refractivity contribution is 0.440. The number of halogens is 1. The predicted molar refractivity (Wildman–Crippen MR) is 108 cm³/mol. The van der Waals surface area contributed by atoms with E-state index < -0.39 is 0 Å². The Morgan fingerprint density at radius 1 is 1.04 bits per heavy atom. The minimum atomic E-state index is -0.327. The summed E-state index contributed by atoms with van der Waals surface area (Å²) in [5.74, 6) is 0.617. The quantitative estimate of drug-likeness (QED) is 0.425. The van der Waals surface area contributed by atoms with Crippen LogP contribution in [0.1, 0.15) is 42.7 Å². The van der Waals surface area contributed by atoms with Crippen molar-refractivity contribution >= 4 is 11.3 Å². The van der Waals surface area contributed by atoms with Crippen LogP contribution in [0.5, 0.6) is 11.5 Å². The molecule has 0 saturated carbocycles.